The molecular weight excluding hydrogens is 953 g/mol. The maximum absolute atomic E-state index is 14.4. The Kier molecular flexibility index (Phi) is 25.7. The van der Waals surface area contributed by atoms with Crippen molar-refractivity contribution in [3.63, 3.8) is 0 Å². The number of allylic oxidation sites excluding steroid dienone is 2. The first-order valence-electron chi connectivity index (χ1n) is 23.7. The Morgan fingerprint density at radius 3 is 2.03 bits per heavy atom. The summed E-state index contributed by atoms with van der Waals surface area (Å²) in [6.45, 7) is 11.2. The monoisotopic (exact) mass is 1030 g/mol. The van der Waals surface area contributed by atoms with Gasteiger partial charge in [0.05, 0.1) is 24.0 Å². The molecule has 22 nitrogen and oxygen atoms in total. The first kappa shape index (κ1) is 61.4. The van der Waals surface area contributed by atoms with E-state index >= 15 is 0 Å². The summed E-state index contributed by atoms with van der Waals surface area (Å²) in [6, 6.07) is 0.954. The van der Waals surface area contributed by atoms with Crippen LogP contribution in [0, 0.1) is 23.7 Å². The van der Waals surface area contributed by atoms with E-state index in [0.717, 1.165) is 15.9 Å². The van der Waals surface area contributed by atoms with Gasteiger partial charge in [0, 0.05) is 33.0 Å². The third-order valence-corrected chi connectivity index (χ3v) is 12.3. The lowest BCUT2D eigenvalue weighted by Gasteiger charge is -2.28. The Morgan fingerprint density at radius 1 is 0.847 bits per heavy atom. The summed E-state index contributed by atoms with van der Waals surface area (Å²) in [5.41, 5.74) is 12.5. The van der Waals surface area contributed by atoms with Gasteiger partial charge in [0.25, 0.3) is 5.91 Å². The summed E-state index contributed by atoms with van der Waals surface area (Å²) in [5, 5.41) is 36.6. The summed E-state index contributed by atoms with van der Waals surface area (Å²) in [4.78, 5) is 127. The highest BCUT2D eigenvalue weighted by Gasteiger charge is 2.37. The van der Waals surface area contributed by atoms with Gasteiger partial charge in [0.15, 0.2) is 5.96 Å². The van der Waals surface area contributed by atoms with Crippen molar-refractivity contribution < 1.29 is 58.1 Å². The number of carbonyl (C=O) groups is 9. The molecule has 0 bridgehead atoms. The van der Waals surface area contributed by atoms with Crippen LogP contribution in [0.4, 0.5) is 0 Å². The number of likely N-dealkylation sites (N-methyl/N-ethyl adjacent to an activating group) is 1. The highest BCUT2D eigenvalue weighted by Crippen LogP contribution is 2.19. The number of carboxylic acid groups (broad SMARTS) is 2. The molecule has 0 aliphatic carbocycles. The van der Waals surface area contributed by atoms with Gasteiger partial charge in [0.1, 0.15) is 35.9 Å². The molecule has 10 atom stereocenters. The zero-order chi connectivity index (χ0) is 54.4. The van der Waals surface area contributed by atoms with E-state index in [0.29, 0.717) is 12.0 Å². The molecule has 23 heteroatoms. The van der Waals surface area contributed by atoms with E-state index in [1.165, 1.54) is 33.9 Å². The molecule has 1 aliphatic rings. The molecule has 0 unspecified atom stereocenters. The Morgan fingerprint density at radius 2 is 1.46 bits per heavy atom. The Hall–Kier alpha value is -6.75. The van der Waals surface area contributed by atoms with E-state index in [1.807, 2.05) is 43.3 Å². The normalized spacial score (nSPS) is 25.7. The number of carboxylic acids is 2. The molecule has 1 aromatic carbocycles. The third-order valence-electron chi connectivity index (χ3n) is 12.0. The van der Waals surface area contributed by atoms with Crippen molar-refractivity contribution in [2.75, 3.05) is 20.7 Å². The number of guanidine groups is 1. The minimum atomic E-state index is -1.89. The molecule has 1 aromatic rings. The number of hydrogen-bond donors (Lipinski definition) is 11. The molecule has 1 saturated heterocycles. The van der Waals surface area contributed by atoms with Crippen molar-refractivity contribution in [3.05, 3.63) is 70.8 Å². The van der Waals surface area contributed by atoms with E-state index < -0.39 is 114 Å². The van der Waals surface area contributed by atoms with Gasteiger partial charge in [-0.1, -0.05) is 88.8 Å². The van der Waals surface area contributed by atoms with Crippen LogP contribution in [-0.4, -0.2) is 137 Å². The fourth-order valence-corrected chi connectivity index (χ4v) is 7.87. The van der Waals surface area contributed by atoms with Crippen molar-refractivity contribution >= 4 is 71.9 Å². The minimum Gasteiger partial charge on any atom is -0.480 e. The fraction of sp³-hybridized carbons (Fsp3) is 0.551. The lowest BCUT2D eigenvalue weighted by atomic mass is 9.94. The second kappa shape index (κ2) is 30.2. The van der Waals surface area contributed by atoms with E-state index in [4.69, 9.17) is 16.2 Å². The molecule has 72 heavy (non-hydrogen) atoms. The van der Waals surface area contributed by atoms with Gasteiger partial charge in [-0.05, 0) is 62.8 Å². The maximum atomic E-state index is 14.4. The Labute approximate surface area is 426 Å². The first-order valence-corrected chi connectivity index (χ1v) is 24.2. The number of nitrogens with zero attached hydrogens (tertiary/aromatic N) is 2. The molecule has 2 rings (SSSR count). The first-order chi connectivity index (χ1) is 33.8. The highest BCUT2D eigenvalue weighted by atomic mass is 32.1. The number of rotatable bonds is 15. The number of thiol groups is 1. The van der Waals surface area contributed by atoms with E-state index in [-0.39, 0.29) is 55.4 Å². The van der Waals surface area contributed by atoms with Gasteiger partial charge in [-0.2, -0.15) is 0 Å². The fourth-order valence-electron chi connectivity index (χ4n) is 7.58. The third kappa shape index (κ3) is 20.2. The van der Waals surface area contributed by atoms with Crippen LogP contribution >= 0.6 is 12.6 Å². The molecule has 0 radical (unpaired) electrons. The van der Waals surface area contributed by atoms with Crippen molar-refractivity contribution in [2.24, 2.45) is 40.1 Å². The molecule has 1 heterocycles. The lowest BCUT2D eigenvalue weighted by Crippen LogP contribution is -2.59. The summed E-state index contributed by atoms with van der Waals surface area (Å²) >= 11 is 4.07. The van der Waals surface area contributed by atoms with Crippen LogP contribution in [0.15, 0.2) is 70.2 Å². The summed E-state index contributed by atoms with van der Waals surface area (Å²) in [7, 11) is 2.84. The SMILES string of the molecule is CO[C@@H](Cc1ccccc1)[C@@H](C)/C=C(C)/C=C/[C@@H]1NC(=O)[C@H](CCCN=C(N)N)NC(=O)[C@@H](C)[C@H](C(=O)O)NC(=O)[C@H](CC(C)C)NC(=O)[C@@H](C)NC(=O)/C(=C/S)N(C)C(=O)CC[C@H](C(=O)O)NC(=O)[C@H]1C. The molecule has 0 aromatic heterocycles. The number of aliphatic imine (C=N–C) groups is 1. The van der Waals surface area contributed by atoms with Crippen LogP contribution in [0.5, 0.6) is 0 Å². The predicted octanol–water partition coefficient (Wildman–Crippen LogP) is 0.876. The molecule has 0 spiro atoms. The van der Waals surface area contributed by atoms with Crippen LogP contribution in [0.2, 0.25) is 0 Å². The van der Waals surface area contributed by atoms with Gasteiger partial charge >= 0.3 is 11.9 Å². The molecule has 1 aliphatic heterocycles. The van der Waals surface area contributed by atoms with Crippen molar-refractivity contribution in [1.29, 1.82) is 0 Å². The number of amides is 7. The minimum absolute atomic E-state index is 0.00123. The Balaban J connectivity index is 2.75. The average molecular weight is 1030 g/mol. The number of benzene rings is 1. The molecular formula is C49H74N10O12S. The molecule has 398 valence electrons. The van der Waals surface area contributed by atoms with Crippen LogP contribution in [0.25, 0.3) is 0 Å². The summed E-state index contributed by atoms with van der Waals surface area (Å²) in [6.07, 6.45) is 4.61. The zero-order valence-electron chi connectivity index (χ0n) is 42.5. The Bertz CT molecular complexity index is 2200. The van der Waals surface area contributed by atoms with E-state index in [2.05, 4.69) is 49.5 Å². The smallest absolute Gasteiger partial charge is 0.327 e. The quantitative estimate of drug-likeness (QED) is 0.0290. The van der Waals surface area contributed by atoms with Gasteiger partial charge in [0.2, 0.25) is 35.4 Å². The van der Waals surface area contributed by atoms with Crippen LogP contribution in [0.1, 0.15) is 86.1 Å². The van der Waals surface area contributed by atoms with Gasteiger partial charge < -0.3 is 63.2 Å². The topological polar surface area (TPSA) is 343 Å². The number of nitrogens with one attached hydrogen (secondary N) is 6. The van der Waals surface area contributed by atoms with Crippen molar-refractivity contribution in [3.8, 4) is 0 Å². The zero-order valence-corrected chi connectivity index (χ0v) is 43.4. The summed E-state index contributed by atoms with van der Waals surface area (Å²) < 4.78 is 5.82. The largest absolute Gasteiger partial charge is 0.480 e. The number of methoxy groups -OCH3 is 1. The molecule has 0 saturated carbocycles. The second-order valence-corrected chi connectivity index (χ2v) is 18.6. The van der Waals surface area contributed by atoms with Crippen LogP contribution in [0.3, 0.4) is 0 Å². The van der Waals surface area contributed by atoms with E-state index in [1.54, 1.807) is 34.0 Å². The van der Waals surface area contributed by atoms with E-state index in [9.17, 15) is 53.4 Å². The number of carbonyl (C=O) groups excluding carboxylic acids is 7. The number of ether oxygens (including phenoxy) is 1. The van der Waals surface area contributed by atoms with Crippen LogP contribution in [-0.2, 0) is 54.3 Å². The summed E-state index contributed by atoms with van der Waals surface area (Å²) in [5.74, 6) is -12.6. The molecule has 1 fully saturated rings. The lowest BCUT2D eigenvalue weighted by molar-refractivity contribution is -0.146. The van der Waals surface area contributed by atoms with Crippen molar-refractivity contribution in [2.45, 2.75) is 129 Å². The number of nitrogens with two attached hydrogens (primary N) is 2. The average Bonchev–Trinajstić information content (AvgIpc) is 3.31. The van der Waals surface area contributed by atoms with Crippen molar-refractivity contribution in [1.82, 2.24) is 36.8 Å². The predicted molar refractivity (Wildman–Crippen MR) is 272 cm³/mol. The maximum Gasteiger partial charge on any atom is 0.327 e. The number of hydrogen-bond acceptors (Lipinski definition) is 12. The van der Waals surface area contributed by atoms with Gasteiger partial charge in [-0.15, -0.1) is 12.6 Å². The molecule has 7 amide bonds. The van der Waals surface area contributed by atoms with Gasteiger partial charge in [-0.25, -0.2) is 9.59 Å². The standard InChI is InChI=1S/C49H74N10O12S/c1-26(2)22-36-45(65)58-40(48(69)70)30(6)42(62)55-34(16-13-21-52-49(50)51)44(64)54-33(18-17-27(3)23-28(4)38(71-9)24-32-14-11-10-12-15-32)29(5)41(61)56-35(47(67)68)19-20-39(60)59(8)37(25-72)46(66)53-31(7)43(63)57-36/h10-12,14-15,17-18,23,25-26,28-31,33-36,38,40,72H,13,16,19-22,24H2,1-9H3,(H,53,66)(H,54,64)(H,55,62)(H,56,61)(H,57,63)(H,58,65)(H,67,68)(H,69,70)(H4,50,51,52)/b18-17+,27-23+,37-25-/t28-,29-,30-,31+,33-,34-,35+,36-,38-,40+/m0/s1. The molecule has 12 N–H and O–H groups in total. The number of aliphatic carboxylic acids is 2. The second-order valence-electron chi connectivity index (χ2n) is 18.3. The van der Waals surface area contributed by atoms with Gasteiger partial charge in [-0.3, -0.25) is 38.6 Å². The highest BCUT2D eigenvalue weighted by molar-refractivity contribution is 7.83. The van der Waals surface area contributed by atoms with Crippen LogP contribution < -0.4 is 43.4 Å².